The molecule has 2 aromatic carbocycles. The Balaban J connectivity index is 1.62. The van der Waals surface area contributed by atoms with Gasteiger partial charge in [-0.3, -0.25) is 4.79 Å². The van der Waals surface area contributed by atoms with E-state index in [2.05, 4.69) is 10.6 Å². The van der Waals surface area contributed by atoms with Gasteiger partial charge in [0.05, 0.1) is 6.04 Å². The van der Waals surface area contributed by atoms with Gasteiger partial charge >= 0.3 is 0 Å². The molecule has 2 aromatic rings. The van der Waals surface area contributed by atoms with Gasteiger partial charge < -0.3 is 15.4 Å². The molecule has 1 amide bonds. The number of para-hydroxylation sites is 1. The molecule has 6 heteroatoms. The normalized spacial score (nSPS) is 16.8. The molecule has 0 spiro atoms. The fourth-order valence-electron chi connectivity index (χ4n) is 2.60. The van der Waals surface area contributed by atoms with Crippen molar-refractivity contribution < 1.29 is 18.3 Å². The molecule has 0 aromatic heterocycles. The molecule has 1 heterocycles. The first kappa shape index (κ1) is 16.4. The Morgan fingerprint density at radius 1 is 1.17 bits per heavy atom. The molecule has 0 bridgehead atoms. The lowest BCUT2D eigenvalue weighted by atomic mass is 10.2. The molecule has 1 aliphatic rings. The monoisotopic (exact) mass is 332 g/mol. The molecule has 1 atom stereocenters. The summed E-state index contributed by atoms with van der Waals surface area (Å²) < 4.78 is 32.9. The molecule has 1 unspecified atom stereocenters. The number of benzene rings is 2. The molecule has 1 fully saturated rings. The lowest BCUT2D eigenvalue weighted by Crippen LogP contribution is -2.40. The Morgan fingerprint density at radius 2 is 1.96 bits per heavy atom. The highest BCUT2D eigenvalue weighted by Crippen LogP contribution is 2.27. The number of carbonyl (C=O) groups excluding carboxylic acids is 1. The summed E-state index contributed by atoms with van der Waals surface area (Å²) in [5.41, 5.74) is 0.611. The number of hydrogen-bond donors (Lipinski definition) is 2. The number of ether oxygens (including phenoxy) is 1. The average molecular weight is 332 g/mol. The first-order chi connectivity index (χ1) is 11.6. The third-order valence-corrected chi connectivity index (χ3v) is 3.90. The van der Waals surface area contributed by atoms with Gasteiger partial charge in [0.1, 0.15) is 0 Å². The fourth-order valence-corrected chi connectivity index (χ4v) is 2.60. The standard InChI is InChI=1S/C18H18F2N2O2/c19-13-4-1-2-6-16(13)24-17-8-7-12(10-14(17)20)11-22-18(23)15-5-3-9-21-15/h1-2,4,6-8,10,15,21H,3,5,9,11H2,(H,22,23). The SMILES string of the molecule is O=C(NCc1ccc(Oc2ccccc2F)c(F)c1)C1CCCN1. The van der Waals surface area contributed by atoms with Crippen LogP contribution in [0, 0.1) is 11.6 Å². The number of nitrogens with one attached hydrogen (secondary N) is 2. The van der Waals surface area contributed by atoms with Gasteiger partial charge in [-0.2, -0.15) is 0 Å². The number of halogens is 2. The van der Waals surface area contributed by atoms with E-state index in [-0.39, 0.29) is 30.0 Å². The Labute approximate surface area is 138 Å². The molecule has 3 rings (SSSR count). The van der Waals surface area contributed by atoms with Crippen molar-refractivity contribution in [3.63, 3.8) is 0 Å². The summed E-state index contributed by atoms with van der Waals surface area (Å²) >= 11 is 0. The van der Waals surface area contributed by atoms with Crippen molar-refractivity contribution in [2.45, 2.75) is 25.4 Å². The molecule has 1 saturated heterocycles. The van der Waals surface area contributed by atoms with E-state index in [0.717, 1.165) is 19.4 Å². The molecule has 0 saturated carbocycles. The van der Waals surface area contributed by atoms with E-state index < -0.39 is 11.6 Å². The summed E-state index contributed by atoms with van der Waals surface area (Å²) in [6.07, 6.45) is 1.80. The maximum Gasteiger partial charge on any atom is 0.237 e. The fraction of sp³-hybridized carbons (Fsp3) is 0.278. The second-order valence-corrected chi connectivity index (χ2v) is 5.66. The van der Waals surface area contributed by atoms with Gasteiger partial charge in [0.15, 0.2) is 23.1 Å². The summed E-state index contributed by atoms with van der Waals surface area (Å²) in [4.78, 5) is 11.9. The van der Waals surface area contributed by atoms with Crippen LogP contribution in [0.25, 0.3) is 0 Å². The maximum absolute atomic E-state index is 14.1. The second-order valence-electron chi connectivity index (χ2n) is 5.66. The van der Waals surface area contributed by atoms with E-state index in [0.29, 0.717) is 5.56 Å². The van der Waals surface area contributed by atoms with Crippen LogP contribution in [0.2, 0.25) is 0 Å². The van der Waals surface area contributed by atoms with Gasteiger partial charge in [-0.1, -0.05) is 18.2 Å². The van der Waals surface area contributed by atoms with E-state index in [9.17, 15) is 13.6 Å². The number of hydrogen-bond acceptors (Lipinski definition) is 3. The number of carbonyl (C=O) groups is 1. The summed E-state index contributed by atoms with van der Waals surface area (Å²) in [7, 11) is 0. The van der Waals surface area contributed by atoms with E-state index in [1.807, 2.05) is 0 Å². The Hall–Kier alpha value is -2.47. The van der Waals surface area contributed by atoms with Gasteiger partial charge in [-0.15, -0.1) is 0 Å². The summed E-state index contributed by atoms with van der Waals surface area (Å²) in [5.74, 6) is -1.35. The van der Waals surface area contributed by atoms with Gasteiger partial charge in [0.25, 0.3) is 0 Å². The van der Waals surface area contributed by atoms with E-state index in [1.165, 1.54) is 30.3 Å². The maximum atomic E-state index is 14.1. The zero-order chi connectivity index (χ0) is 16.9. The Bertz CT molecular complexity index is 731. The molecule has 0 aliphatic carbocycles. The van der Waals surface area contributed by atoms with Crippen LogP contribution in [0.3, 0.4) is 0 Å². The minimum Gasteiger partial charge on any atom is -0.451 e. The molecule has 126 valence electrons. The largest absolute Gasteiger partial charge is 0.451 e. The topological polar surface area (TPSA) is 50.4 Å². The molecular weight excluding hydrogens is 314 g/mol. The van der Waals surface area contributed by atoms with Gasteiger partial charge in [-0.05, 0) is 49.2 Å². The smallest absolute Gasteiger partial charge is 0.237 e. The minimum atomic E-state index is -0.607. The molecule has 0 radical (unpaired) electrons. The van der Waals surface area contributed by atoms with Crippen LogP contribution in [0.5, 0.6) is 11.5 Å². The number of rotatable bonds is 5. The van der Waals surface area contributed by atoms with Crippen LogP contribution in [0.15, 0.2) is 42.5 Å². The third-order valence-electron chi connectivity index (χ3n) is 3.90. The van der Waals surface area contributed by atoms with Crippen molar-refractivity contribution in [1.82, 2.24) is 10.6 Å². The van der Waals surface area contributed by atoms with Crippen LogP contribution < -0.4 is 15.4 Å². The van der Waals surface area contributed by atoms with E-state index >= 15 is 0 Å². The lowest BCUT2D eigenvalue weighted by molar-refractivity contribution is -0.122. The van der Waals surface area contributed by atoms with Crippen LogP contribution in [0.1, 0.15) is 18.4 Å². The minimum absolute atomic E-state index is 0.0373. The summed E-state index contributed by atoms with van der Waals surface area (Å²) in [6.45, 7) is 1.07. The Morgan fingerprint density at radius 3 is 2.67 bits per heavy atom. The third kappa shape index (κ3) is 3.89. The molecular formula is C18H18F2N2O2. The predicted molar refractivity (Wildman–Crippen MR) is 85.7 cm³/mol. The zero-order valence-corrected chi connectivity index (χ0v) is 13.0. The van der Waals surface area contributed by atoms with Crippen molar-refractivity contribution in [2.24, 2.45) is 0 Å². The van der Waals surface area contributed by atoms with Crippen molar-refractivity contribution in [3.8, 4) is 11.5 Å². The van der Waals surface area contributed by atoms with Gasteiger partial charge in [-0.25, -0.2) is 8.78 Å². The summed E-state index contributed by atoms with van der Waals surface area (Å²) in [5, 5.41) is 5.88. The highest BCUT2D eigenvalue weighted by Gasteiger charge is 2.21. The van der Waals surface area contributed by atoms with Gasteiger partial charge in [0.2, 0.25) is 5.91 Å². The van der Waals surface area contributed by atoms with Crippen LogP contribution in [-0.4, -0.2) is 18.5 Å². The van der Waals surface area contributed by atoms with E-state index in [1.54, 1.807) is 12.1 Å². The van der Waals surface area contributed by atoms with Crippen LogP contribution >= 0.6 is 0 Å². The first-order valence-corrected chi connectivity index (χ1v) is 7.85. The number of amides is 1. The second kappa shape index (κ2) is 7.40. The average Bonchev–Trinajstić information content (AvgIpc) is 3.11. The summed E-state index contributed by atoms with van der Waals surface area (Å²) in [6, 6.07) is 9.99. The first-order valence-electron chi connectivity index (χ1n) is 7.85. The van der Waals surface area contributed by atoms with Crippen LogP contribution in [0.4, 0.5) is 8.78 Å². The van der Waals surface area contributed by atoms with Crippen LogP contribution in [-0.2, 0) is 11.3 Å². The highest BCUT2D eigenvalue weighted by molar-refractivity contribution is 5.81. The highest BCUT2D eigenvalue weighted by atomic mass is 19.1. The van der Waals surface area contributed by atoms with E-state index in [4.69, 9.17) is 4.74 Å². The van der Waals surface area contributed by atoms with Crippen molar-refractivity contribution >= 4 is 5.91 Å². The van der Waals surface area contributed by atoms with Gasteiger partial charge in [0, 0.05) is 6.54 Å². The van der Waals surface area contributed by atoms with Crippen molar-refractivity contribution in [3.05, 3.63) is 59.7 Å². The predicted octanol–water partition coefficient (Wildman–Crippen LogP) is 3.13. The quantitative estimate of drug-likeness (QED) is 0.884. The molecule has 4 nitrogen and oxygen atoms in total. The molecule has 2 N–H and O–H groups in total. The zero-order valence-electron chi connectivity index (χ0n) is 13.0. The lowest BCUT2D eigenvalue weighted by Gasteiger charge is -2.12. The Kier molecular flexibility index (Phi) is 5.05. The van der Waals surface area contributed by atoms with Crippen molar-refractivity contribution in [2.75, 3.05) is 6.54 Å². The molecule has 24 heavy (non-hydrogen) atoms. The van der Waals surface area contributed by atoms with Crippen molar-refractivity contribution in [1.29, 1.82) is 0 Å². The molecule has 1 aliphatic heterocycles.